The molecule has 0 aromatic heterocycles. The van der Waals surface area contributed by atoms with E-state index in [1.807, 2.05) is 14.0 Å². The average molecular weight is 277 g/mol. The molecule has 0 aromatic rings. The third-order valence-electron chi connectivity index (χ3n) is 3.85. The second-order valence-electron chi connectivity index (χ2n) is 6.13. The fourth-order valence-corrected chi connectivity index (χ4v) is 2.84. The Bertz CT molecular complexity index is 252. The van der Waals surface area contributed by atoms with Crippen LogP contribution in [0.25, 0.3) is 0 Å². The first-order valence-corrected chi connectivity index (χ1v) is 6.91. The zero-order valence-corrected chi connectivity index (χ0v) is 13.0. The summed E-state index contributed by atoms with van der Waals surface area (Å²) in [6.45, 7) is 8.14. The van der Waals surface area contributed by atoms with Gasteiger partial charge in [-0.3, -0.25) is 4.79 Å². The second kappa shape index (κ2) is 8.00. The summed E-state index contributed by atoms with van der Waals surface area (Å²) in [5, 5.41) is 6.18. The summed E-state index contributed by atoms with van der Waals surface area (Å²) in [5.74, 6) is 0.979. The minimum absolute atomic E-state index is 0. The van der Waals surface area contributed by atoms with E-state index in [0.717, 1.165) is 19.0 Å². The molecule has 108 valence electrons. The Morgan fingerprint density at radius 2 is 1.89 bits per heavy atom. The van der Waals surface area contributed by atoms with E-state index in [4.69, 9.17) is 0 Å². The minimum atomic E-state index is 0. The van der Waals surface area contributed by atoms with Gasteiger partial charge in [0.15, 0.2) is 0 Å². The van der Waals surface area contributed by atoms with E-state index < -0.39 is 0 Å². The molecule has 2 N–H and O–H groups in total. The number of nitrogens with one attached hydrogen (secondary N) is 2. The smallest absolute Gasteiger partial charge is 0.224 e. The van der Waals surface area contributed by atoms with Crippen LogP contribution in [0.1, 0.15) is 46.5 Å². The summed E-state index contributed by atoms with van der Waals surface area (Å²) < 4.78 is 0. The number of rotatable bonds is 7. The average Bonchev–Trinajstić information content (AvgIpc) is 2.21. The normalized spacial score (nSPS) is 18.7. The molecule has 1 aliphatic carbocycles. The van der Waals surface area contributed by atoms with Crippen molar-refractivity contribution in [3.8, 4) is 0 Å². The fraction of sp³-hybridized carbons (Fsp3) is 0.929. The van der Waals surface area contributed by atoms with Crippen LogP contribution in [-0.4, -0.2) is 26.0 Å². The minimum Gasteiger partial charge on any atom is -0.355 e. The van der Waals surface area contributed by atoms with Gasteiger partial charge < -0.3 is 10.6 Å². The Balaban J connectivity index is 0.00000289. The molecule has 0 bridgehead atoms. The first kappa shape index (κ1) is 17.7. The van der Waals surface area contributed by atoms with Gasteiger partial charge in [0.2, 0.25) is 5.91 Å². The van der Waals surface area contributed by atoms with Crippen LogP contribution >= 0.6 is 12.4 Å². The quantitative estimate of drug-likeness (QED) is 0.750. The molecule has 0 saturated heterocycles. The molecular formula is C14H29ClN2O. The lowest BCUT2D eigenvalue weighted by Gasteiger charge is -2.43. The monoisotopic (exact) mass is 276 g/mol. The first-order valence-electron chi connectivity index (χ1n) is 6.91. The molecule has 4 heteroatoms. The first-order chi connectivity index (χ1) is 7.99. The van der Waals surface area contributed by atoms with Crippen molar-refractivity contribution < 1.29 is 4.79 Å². The van der Waals surface area contributed by atoms with Gasteiger partial charge in [-0.15, -0.1) is 12.4 Å². The summed E-state index contributed by atoms with van der Waals surface area (Å²) in [6.07, 6.45) is 5.14. The van der Waals surface area contributed by atoms with Gasteiger partial charge in [0.1, 0.15) is 0 Å². The highest BCUT2D eigenvalue weighted by Crippen LogP contribution is 2.45. The van der Waals surface area contributed by atoms with Gasteiger partial charge in [-0.1, -0.05) is 27.2 Å². The van der Waals surface area contributed by atoms with E-state index in [-0.39, 0.29) is 24.2 Å². The van der Waals surface area contributed by atoms with Crippen LogP contribution in [0.3, 0.4) is 0 Å². The summed E-state index contributed by atoms with van der Waals surface area (Å²) in [6, 6.07) is 0. The number of carbonyl (C=O) groups excluding carboxylic acids is 1. The molecular weight excluding hydrogens is 248 g/mol. The summed E-state index contributed by atoms with van der Waals surface area (Å²) in [5.41, 5.74) is 0.406. The lowest BCUT2D eigenvalue weighted by Crippen LogP contribution is -2.45. The lowest BCUT2D eigenvalue weighted by molar-refractivity contribution is -0.125. The van der Waals surface area contributed by atoms with E-state index in [1.165, 1.54) is 25.7 Å². The van der Waals surface area contributed by atoms with Gasteiger partial charge in [-0.25, -0.2) is 0 Å². The Morgan fingerprint density at radius 1 is 1.28 bits per heavy atom. The van der Waals surface area contributed by atoms with E-state index in [2.05, 4.69) is 24.5 Å². The summed E-state index contributed by atoms with van der Waals surface area (Å²) >= 11 is 0. The van der Waals surface area contributed by atoms with Crippen molar-refractivity contribution in [2.24, 2.45) is 17.3 Å². The number of hydrogen-bond donors (Lipinski definition) is 2. The highest BCUT2D eigenvalue weighted by atomic mass is 35.5. The van der Waals surface area contributed by atoms with Crippen molar-refractivity contribution in [2.75, 3.05) is 20.1 Å². The molecule has 1 rings (SSSR count). The van der Waals surface area contributed by atoms with Crippen molar-refractivity contribution in [3.63, 3.8) is 0 Å². The van der Waals surface area contributed by atoms with E-state index >= 15 is 0 Å². The SMILES string of the molecule is CNCC(C)C(=O)NCC1(CC(C)C)CCC1.Cl. The highest BCUT2D eigenvalue weighted by molar-refractivity contribution is 5.85. The summed E-state index contributed by atoms with van der Waals surface area (Å²) in [7, 11) is 1.88. The highest BCUT2D eigenvalue weighted by Gasteiger charge is 2.37. The maximum atomic E-state index is 11.9. The predicted molar refractivity (Wildman–Crippen MR) is 79.1 cm³/mol. The molecule has 0 heterocycles. The Hall–Kier alpha value is -0.280. The second-order valence-corrected chi connectivity index (χ2v) is 6.13. The Labute approximate surface area is 118 Å². The third-order valence-corrected chi connectivity index (χ3v) is 3.85. The largest absolute Gasteiger partial charge is 0.355 e. The van der Waals surface area contributed by atoms with Gasteiger partial charge in [0, 0.05) is 19.0 Å². The predicted octanol–water partition coefficient (Wildman–Crippen LogP) is 2.60. The fourth-order valence-electron chi connectivity index (χ4n) is 2.84. The third kappa shape index (κ3) is 5.15. The van der Waals surface area contributed by atoms with Gasteiger partial charge >= 0.3 is 0 Å². The molecule has 1 fully saturated rings. The van der Waals surface area contributed by atoms with Crippen LogP contribution in [0.15, 0.2) is 0 Å². The van der Waals surface area contributed by atoms with E-state index in [0.29, 0.717) is 5.41 Å². The van der Waals surface area contributed by atoms with E-state index in [1.54, 1.807) is 0 Å². The molecule has 0 spiro atoms. The zero-order valence-electron chi connectivity index (χ0n) is 12.2. The maximum absolute atomic E-state index is 11.9. The topological polar surface area (TPSA) is 41.1 Å². The lowest BCUT2D eigenvalue weighted by atomic mass is 9.64. The van der Waals surface area contributed by atoms with Gasteiger partial charge in [0.05, 0.1) is 0 Å². The molecule has 1 atom stereocenters. The molecule has 0 aromatic carbocycles. The number of carbonyl (C=O) groups is 1. The standard InChI is InChI=1S/C14H28N2O.ClH/c1-11(2)8-14(6-5-7-14)10-16-13(17)12(3)9-15-4;/h11-12,15H,5-10H2,1-4H3,(H,16,17);1H. The van der Waals surface area contributed by atoms with Crippen LogP contribution in [0.2, 0.25) is 0 Å². The molecule has 3 nitrogen and oxygen atoms in total. The van der Waals surface area contributed by atoms with Crippen LogP contribution in [-0.2, 0) is 4.79 Å². The van der Waals surface area contributed by atoms with Crippen molar-refractivity contribution in [1.29, 1.82) is 0 Å². The van der Waals surface area contributed by atoms with Crippen LogP contribution in [0.4, 0.5) is 0 Å². The van der Waals surface area contributed by atoms with Crippen LogP contribution < -0.4 is 10.6 Å². The summed E-state index contributed by atoms with van der Waals surface area (Å²) in [4.78, 5) is 11.9. The van der Waals surface area contributed by atoms with Crippen molar-refractivity contribution in [3.05, 3.63) is 0 Å². The molecule has 1 saturated carbocycles. The Kier molecular flexibility index (Phi) is 7.88. The number of amides is 1. The van der Waals surface area contributed by atoms with Crippen LogP contribution in [0, 0.1) is 17.3 Å². The van der Waals surface area contributed by atoms with Crippen molar-refractivity contribution >= 4 is 18.3 Å². The van der Waals surface area contributed by atoms with Crippen molar-refractivity contribution in [1.82, 2.24) is 10.6 Å². The van der Waals surface area contributed by atoms with Gasteiger partial charge in [-0.2, -0.15) is 0 Å². The number of halogens is 1. The molecule has 1 amide bonds. The van der Waals surface area contributed by atoms with Gasteiger partial charge in [-0.05, 0) is 37.6 Å². The molecule has 18 heavy (non-hydrogen) atoms. The van der Waals surface area contributed by atoms with Gasteiger partial charge in [0.25, 0.3) is 0 Å². The Morgan fingerprint density at radius 3 is 2.28 bits per heavy atom. The molecule has 1 aliphatic rings. The molecule has 0 aliphatic heterocycles. The number of hydrogen-bond acceptors (Lipinski definition) is 2. The maximum Gasteiger partial charge on any atom is 0.224 e. The van der Waals surface area contributed by atoms with E-state index in [9.17, 15) is 4.79 Å². The van der Waals surface area contributed by atoms with Crippen molar-refractivity contribution in [2.45, 2.75) is 46.5 Å². The molecule has 1 unspecified atom stereocenters. The molecule has 0 radical (unpaired) electrons. The zero-order chi connectivity index (χ0) is 12.9. The van der Waals surface area contributed by atoms with Crippen LogP contribution in [0.5, 0.6) is 0 Å².